The molecule has 0 atom stereocenters. The van der Waals surface area contributed by atoms with Crippen LogP contribution in [-0.2, 0) is 4.79 Å². The summed E-state index contributed by atoms with van der Waals surface area (Å²) < 4.78 is 5.53. The highest BCUT2D eigenvalue weighted by atomic mass is 16.5. The van der Waals surface area contributed by atoms with Gasteiger partial charge in [-0.2, -0.15) is 0 Å². The number of carbonyl (C=O) groups excluding carboxylic acids is 1. The second-order valence-electron chi connectivity index (χ2n) is 3.77. The van der Waals surface area contributed by atoms with Crippen LogP contribution in [0.2, 0.25) is 0 Å². The maximum Gasteiger partial charge on any atom is 0.211 e. The topological polar surface area (TPSA) is 38.3 Å². The molecule has 92 valence electrons. The zero-order chi connectivity index (χ0) is 12.8. The summed E-state index contributed by atoms with van der Waals surface area (Å²) in [6, 6.07) is 15.8. The SMILES string of the molecule is CCOc1cc(-c2ccccc2)ccc1NC=O. The maximum atomic E-state index is 10.5. The van der Waals surface area contributed by atoms with Gasteiger partial charge in [0.1, 0.15) is 5.75 Å². The molecule has 3 heteroatoms. The molecule has 0 unspecified atom stereocenters. The fraction of sp³-hybridized carbons (Fsp3) is 0.133. The molecule has 0 spiro atoms. The van der Waals surface area contributed by atoms with Crippen molar-refractivity contribution in [3.05, 3.63) is 48.5 Å². The van der Waals surface area contributed by atoms with Crippen molar-refractivity contribution in [2.45, 2.75) is 6.92 Å². The van der Waals surface area contributed by atoms with Gasteiger partial charge >= 0.3 is 0 Å². The predicted molar refractivity (Wildman–Crippen MR) is 72.7 cm³/mol. The second kappa shape index (κ2) is 5.87. The fourth-order valence-corrected chi connectivity index (χ4v) is 1.79. The smallest absolute Gasteiger partial charge is 0.211 e. The minimum Gasteiger partial charge on any atom is -0.492 e. The molecule has 2 aromatic rings. The van der Waals surface area contributed by atoms with E-state index in [1.165, 1.54) is 0 Å². The molecule has 0 bridgehead atoms. The number of hydrogen-bond acceptors (Lipinski definition) is 2. The first kappa shape index (κ1) is 12.2. The van der Waals surface area contributed by atoms with Crippen LogP contribution >= 0.6 is 0 Å². The third-order valence-electron chi connectivity index (χ3n) is 2.60. The zero-order valence-electron chi connectivity index (χ0n) is 10.2. The first-order valence-corrected chi connectivity index (χ1v) is 5.87. The number of nitrogens with one attached hydrogen (secondary N) is 1. The molecule has 0 radical (unpaired) electrons. The van der Waals surface area contributed by atoms with E-state index in [1.54, 1.807) is 0 Å². The van der Waals surface area contributed by atoms with E-state index in [4.69, 9.17) is 4.74 Å². The quantitative estimate of drug-likeness (QED) is 0.815. The number of amides is 1. The third kappa shape index (κ3) is 2.69. The van der Waals surface area contributed by atoms with Crippen LogP contribution in [0.15, 0.2) is 48.5 Å². The van der Waals surface area contributed by atoms with E-state index < -0.39 is 0 Å². The molecule has 2 aromatic carbocycles. The largest absolute Gasteiger partial charge is 0.492 e. The van der Waals surface area contributed by atoms with Crippen molar-refractivity contribution in [3.63, 3.8) is 0 Å². The number of carbonyl (C=O) groups is 1. The minimum absolute atomic E-state index is 0.561. The molecule has 1 N–H and O–H groups in total. The summed E-state index contributed by atoms with van der Waals surface area (Å²) in [5.41, 5.74) is 2.87. The van der Waals surface area contributed by atoms with Gasteiger partial charge in [-0.25, -0.2) is 0 Å². The van der Waals surface area contributed by atoms with Crippen LogP contribution in [-0.4, -0.2) is 13.0 Å². The van der Waals surface area contributed by atoms with Gasteiger partial charge in [0, 0.05) is 0 Å². The third-order valence-corrected chi connectivity index (χ3v) is 2.60. The Balaban J connectivity index is 2.39. The van der Waals surface area contributed by atoms with E-state index in [0.717, 1.165) is 11.1 Å². The van der Waals surface area contributed by atoms with Gasteiger partial charge in [-0.15, -0.1) is 0 Å². The highest BCUT2D eigenvalue weighted by molar-refractivity contribution is 5.78. The summed E-state index contributed by atoms with van der Waals surface area (Å²) in [4.78, 5) is 10.5. The molecule has 1 amide bonds. The maximum absolute atomic E-state index is 10.5. The molecule has 0 saturated heterocycles. The van der Waals surface area contributed by atoms with Crippen molar-refractivity contribution in [2.24, 2.45) is 0 Å². The average Bonchev–Trinajstić information content (AvgIpc) is 2.42. The standard InChI is InChI=1S/C15H15NO2/c1-2-18-15-10-13(8-9-14(15)16-11-17)12-6-4-3-5-7-12/h3-11H,2H2,1H3,(H,16,17). The van der Waals surface area contributed by atoms with Gasteiger partial charge in [0.05, 0.1) is 12.3 Å². The van der Waals surface area contributed by atoms with Crippen molar-refractivity contribution in [1.82, 2.24) is 0 Å². The van der Waals surface area contributed by atoms with Crippen LogP contribution in [0.3, 0.4) is 0 Å². The van der Waals surface area contributed by atoms with Crippen molar-refractivity contribution >= 4 is 12.1 Å². The Morgan fingerprint density at radius 1 is 1.11 bits per heavy atom. The monoisotopic (exact) mass is 241 g/mol. The fourth-order valence-electron chi connectivity index (χ4n) is 1.79. The normalized spacial score (nSPS) is 9.83. The lowest BCUT2D eigenvalue weighted by molar-refractivity contribution is -0.105. The number of rotatable bonds is 5. The van der Waals surface area contributed by atoms with E-state index in [-0.39, 0.29) is 0 Å². The molecule has 2 rings (SSSR count). The van der Waals surface area contributed by atoms with Gasteiger partial charge in [0.2, 0.25) is 6.41 Å². The molecule has 18 heavy (non-hydrogen) atoms. The summed E-state index contributed by atoms with van der Waals surface area (Å²) in [5, 5.41) is 2.63. The van der Waals surface area contributed by atoms with E-state index in [0.29, 0.717) is 24.5 Å². The van der Waals surface area contributed by atoms with Crippen LogP contribution in [0.25, 0.3) is 11.1 Å². The Hall–Kier alpha value is -2.29. The lowest BCUT2D eigenvalue weighted by atomic mass is 10.1. The van der Waals surface area contributed by atoms with Gasteiger partial charge < -0.3 is 10.1 Å². The van der Waals surface area contributed by atoms with E-state index in [9.17, 15) is 4.79 Å². The second-order valence-corrected chi connectivity index (χ2v) is 3.77. The lowest BCUT2D eigenvalue weighted by Crippen LogP contribution is -2.00. The highest BCUT2D eigenvalue weighted by Crippen LogP contribution is 2.30. The molecule has 0 aliphatic carbocycles. The first-order valence-electron chi connectivity index (χ1n) is 5.87. The first-order chi connectivity index (χ1) is 8.85. The molecule has 0 aliphatic rings. The number of hydrogen-bond donors (Lipinski definition) is 1. The zero-order valence-corrected chi connectivity index (χ0v) is 10.2. The molecular formula is C15H15NO2. The molecule has 0 aromatic heterocycles. The van der Waals surface area contributed by atoms with Crippen LogP contribution in [0, 0.1) is 0 Å². The molecule has 0 fully saturated rings. The van der Waals surface area contributed by atoms with Gasteiger partial charge in [0.15, 0.2) is 0 Å². The summed E-state index contributed by atoms with van der Waals surface area (Å²) in [6.07, 6.45) is 0.653. The molecule has 3 nitrogen and oxygen atoms in total. The Morgan fingerprint density at radius 2 is 1.89 bits per heavy atom. The number of anilines is 1. The van der Waals surface area contributed by atoms with Gasteiger partial charge in [0.25, 0.3) is 0 Å². The van der Waals surface area contributed by atoms with E-state index in [1.807, 2.05) is 55.5 Å². The van der Waals surface area contributed by atoms with Crippen LogP contribution in [0.5, 0.6) is 5.75 Å². The summed E-state index contributed by atoms with van der Waals surface area (Å²) in [5.74, 6) is 0.686. The Morgan fingerprint density at radius 3 is 2.56 bits per heavy atom. The van der Waals surface area contributed by atoms with Crippen LogP contribution in [0.4, 0.5) is 5.69 Å². The van der Waals surface area contributed by atoms with Crippen molar-refractivity contribution < 1.29 is 9.53 Å². The average molecular weight is 241 g/mol. The van der Waals surface area contributed by atoms with E-state index >= 15 is 0 Å². The lowest BCUT2D eigenvalue weighted by Gasteiger charge is -2.11. The summed E-state index contributed by atoms with van der Waals surface area (Å²) in [7, 11) is 0. The molecule has 0 heterocycles. The molecule has 0 saturated carbocycles. The number of ether oxygens (including phenoxy) is 1. The Bertz CT molecular complexity index is 523. The minimum atomic E-state index is 0.561. The van der Waals surface area contributed by atoms with Crippen molar-refractivity contribution in [2.75, 3.05) is 11.9 Å². The predicted octanol–water partition coefficient (Wildman–Crippen LogP) is 3.32. The van der Waals surface area contributed by atoms with Gasteiger partial charge in [-0.1, -0.05) is 36.4 Å². The van der Waals surface area contributed by atoms with Gasteiger partial charge in [-0.05, 0) is 30.2 Å². The van der Waals surface area contributed by atoms with E-state index in [2.05, 4.69) is 5.32 Å². The molecular weight excluding hydrogens is 226 g/mol. The Kier molecular flexibility index (Phi) is 3.97. The van der Waals surface area contributed by atoms with Gasteiger partial charge in [-0.3, -0.25) is 4.79 Å². The van der Waals surface area contributed by atoms with Crippen molar-refractivity contribution in [1.29, 1.82) is 0 Å². The Labute approximate surface area is 106 Å². The number of benzene rings is 2. The summed E-state index contributed by atoms with van der Waals surface area (Å²) >= 11 is 0. The van der Waals surface area contributed by atoms with Crippen LogP contribution in [0.1, 0.15) is 6.92 Å². The highest BCUT2D eigenvalue weighted by Gasteiger charge is 2.05. The van der Waals surface area contributed by atoms with Crippen molar-refractivity contribution in [3.8, 4) is 16.9 Å². The summed E-state index contributed by atoms with van der Waals surface area (Å²) in [6.45, 7) is 2.48. The molecule has 0 aliphatic heterocycles. The van der Waals surface area contributed by atoms with Crippen LogP contribution < -0.4 is 10.1 Å².